The molecule has 0 N–H and O–H groups in total. The maximum absolute atomic E-state index is 11.7. The maximum atomic E-state index is 11.7. The van der Waals surface area contributed by atoms with E-state index in [1.165, 1.54) is 4.68 Å². The van der Waals surface area contributed by atoms with Gasteiger partial charge in [-0.3, -0.25) is 0 Å². The van der Waals surface area contributed by atoms with Crippen molar-refractivity contribution < 1.29 is 13.9 Å². The number of carbonyl (C=O) groups excluding carboxylic acids is 1. The number of rotatable bonds is 5. The van der Waals surface area contributed by atoms with Gasteiger partial charge in [0.2, 0.25) is 5.89 Å². The van der Waals surface area contributed by atoms with E-state index in [1.54, 1.807) is 6.92 Å². The van der Waals surface area contributed by atoms with Crippen LogP contribution in [0.1, 0.15) is 40.5 Å². The third-order valence-corrected chi connectivity index (χ3v) is 3.04. The van der Waals surface area contributed by atoms with Crippen LogP contribution in [0.2, 0.25) is 0 Å². The van der Waals surface area contributed by atoms with Crippen LogP contribution in [0.15, 0.2) is 4.42 Å². The zero-order valence-corrected chi connectivity index (χ0v) is 12.3. The Hall–Kier alpha value is -1.89. The van der Waals surface area contributed by atoms with Crippen LogP contribution in [0.4, 0.5) is 0 Å². The van der Waals surface area contributed by atoms with Gasteiger partial charge in [-0.25, -0.2) is 14.5 Å². The van der Waals surface area contributed by atoms with Crippen LogP contribution in [-0.4, -0.2) is 32.6 Å². The molecule has 20 heavy (non-hydrogen) atoms. The first kappa shape index (κ1) is 14.5. The van der Waals surface area contributed by atoms with Crippen LogP contribution in [-0.2, 0) is 17.2 Å². The second-order valence-corrected chi connectivity index (χ2v) is 4.41. The van der Waals surface area contributed by atoms with E-state index in [0.717, 1.165) is 11.5 Å². The van der Waals surface area contributed by atoms with Crippen molar-refractivity contribution in [1.29, 1.82) is 0 Å². The highest BCUT2D eigenvalue weighted by molar-refractivity contribution is 6.17. The third kappa shape index (κ3) is 2.82. The van der Waals surface area contributed by atoms with Crippen molar-refractivity contribution in [2.45, 2.75) is 33.2 Å². The van der Waals surface area contributed by atoms with Crippen LogP contribution in [0, 0.1) is 13.8 Å². The fraction of sp³-hybridized carbons (Fsp3) is 0.500. The summed E-state index contributed by atoms with van der Waals surface area (Å²) in [5.74, 6) is 0.804. The van der Waals surface area contributed by atoms with Crippen molar-refractivity contribution in [3.63, 3.8) is 0 Å². The standard InChI is InChI=1S/C12H15ClN4O3/c1-4-19-12(18)11-9(5-13)17(16-15-11)6-10-14-7(2)8(3)20-10/h4-6H2,1-3H3. The highest BCUT2D eigenvalue weighted by Gasteiger charge is 2.21. The number of carbonyl (C=O) groups is 1. The van der Waals surface area contributed by atoms with Gasteiger partial charge in [-0.15, -0.1) is 16.7 Å². The molecule has 0 aliphatic heterocycles. The van der Waals surface area contributed by atoms with Gasteiger partial charge in [0.15, 0.2) is 5.69 Å². The zero-order valence-electron chi connectivity index (χ0n) is 11.5. The number of hydrogen-bond donors (Lipinski definition) is 0. The molecule has 0 amide bonds. The van der Waals surface area contributed by atoms with Gasteiger partial charge in [-0.1, -0.05) is 5.21 Å². The summed E-state index contributed by atoms with van der Waals surface area (Å²) in [6, 6.07) is 0. The van der Waals surface area contributed by atoms with Gasteiger partial charge in [0, 0.05) is 0 Å². The first-order chi connectivity index (χ1) is 9.56. The highest BCUT2D eigenvalue weighted by atomic mass is 35.5. The summed E-state index contributed by atoms with van der Waals surface area (Å²) < 4.78 is 11.9. The minimum atomic E-state index is -0.533. The molecule has 0 bridgehead atoms. The molecule has 2 rings (SSSR count). The van der Waals surface area contributed by atoms with E-state index in [9.17, 15) is 4.79 Å². The Bertz CT molecular complexity index is 601. The Labute approximate surface area is 120 Å². The Morgan fingerprint density at radius 1 is 1.45 bits per heavy atom. The number of halogens is 1. The first-order valence-electron chi connectivity index (χ1n) is 6.15. The topological polar surface area (TPSA) is 83.0 Å². The Kier molecular flexibility index (Phi) is 4.39. The van der Waals surface area contributed by atoms with E-state index in [2.05, 4.69) is 15.3 Å². The van der Waals surface area contributed by atoms with Crippen LogP contribution in [0.5, 0.6) is 0 Å². The molecule has 0 atom stereocenters. The van der Waals surface area contributed by atoms with E-state index in [1.807, 2.05) is 13.8 Å². The molecule has 0 fully saturated rings. The molecule has 0 aromatic carbocycles. The maximum Gasteiger partial charge on any atom is 0.360 e. The van der Waals surface area contributed by atoms with Crippen molar-refractivity contribution in [3.05, 3.63) is 28.7 Å². The first-order valence-corrected chi connectivity index (χ1v) is 6.68. The smallest absolute Gasteiger partial charge is 0.360 e. The summed E-state index contributed by atoms with van der Waals surface area (Å²) in [6.07, 6.45) is 0. The summed E-state index contributed by atoms with van der Waals surface area (Å²) in [6.45, 7) is 5.95. The molecule has 2 heterocycles. The molecule has 2 aromatic rings. The number of aromatic nitrogens is 4. The zero-order chi connectivity index (χ0) is 14.7. The van der Waals surface area contributed by atoms with Crippen LogP contribution in [0.3, 0.4) is 0 Å². The minimum Gasteiger partial charge on any atom is -0.461 e. The number of alkyl halides is 1. The molecule has 7 nitrogen and oxygen atoms in total. The monoisotopic (exact) mass is 298 g/mol. The average Bonchev–Trinajstić information content (AvgIpc) is 2.94. The van der Waals surface area contributed by atoms with Gasteiger partial charge in [-0.05, 0) is 20.8 Å². The number of nitrogens with zero attached hydrogens (tertiary/aromatic N) is 4. The summed E-state index contributed by atoms with van der Waals surface area (Å²) in [4.78, 5) is 16.0. The van der Waals surface area contributed by atoms with Crippen LogP contribution in [0.25, 0.3) is 0 Å². The Morgan fingerprint density at radius 3 is 2.75 bits per heavy atom. The van der Waals surface area contributed by atoms with Gasteiger partial charge < -0.3 is 9.15 Å². The van der Waals surface area contributed by atoms with Gasteiger partial charge in [0.1, 0.15) is 12.3 Å². The van der Waals surface area contributed by atoms with Crippen molar-refractivity contribution in [2.24, 2.45) is 0 Å². The Balaban J connectivity index is 2.26. The highest BCUT2D eigenvalue weighted by Crippen LogP contribution is 2.14. The molecule has 0 saturated heterocycles. The lowest BCUT2D eigenvalue weighted by Gasteiger charge is -2.02. The van der Waals surface area contributed by atoms with Gasteiger partial charge in [-0.2, -0.15) is 0 Å². The van der Waals surface area contributed by atoms with Crippen molar-refractivity contribution in [1.82, 2.24) is 20.0 Å². The summed E-state index contributed by atoms with van der Waals surface area (Å²) in [5.41, 5.74) is 1.43. The number of ether oxygens (including phenoxy) is 1. The lowest BCUT2D eigenvalue weighted by Crippen LogP contribution is -2.10. The van der Waals surface area contributed by atoms with E-state index in [0.29, 0.717) is 11.6 Å². The summed E-state index contributed by atoms with van der Waals surface area (Å²) in [7, 11) is 0. The van der Waals surface area contributed by atoms with Gasteiger partial charge in [0.25, 0.3) is 0 Å². The fourth-order valence-corrected chi connectivity index (χ4v) is 1.95. The van der Waals surface area contributed by atoms with Crippen molar-refractivity contribution in [3.8, 4) is 0 Å². The lowest BCUT2D eigenvalue weighted by molar-refractivity contribution is 0.0518. The second-order valence-electron chi connectivity index (χ2n) is 4.15. The molecular formula is C12H15ClN4O3. The Morgan fingerprint density at radius 2 is 2.20 bits per heavy atom. The molecule has 0 aliphatic rings. The van der Waals surface area contributed by atoms with Crippen LogP contribution >= 0.6 is 11.6 Å². The summed E-state index contributed by atoms with van der Waals surface area (Å²) >= 11 is 5.87. The average molecular weight is 299 g/mol. The number of esters is 1. The molecular weight excluding hydrogens is 284 g/mol. The number of aryl methyl sites for hydroxylation is 2. The third-order valence-electron chi connectivity index (χ3n) is 2.79. The molecule has 108 valence electrons. The number of oxazole rings is 1. The molecule has 8 heteroatoms. The SMILES string of the molecule is CCOC(=O)c1nnn(Cc2nc(C)c(C)o2)c1CCl. The number of hydrogen-bond acceptors (Lipinski definition) is 6. The van der Waals surface area contributed by atoms with Gasteiger partial charge >= 0.3 is 5.97 Å². The molecule has 2 aromatic heterocycles. The lowest BCUT2D eigenvalue weighted by atomic mass is 10.3. The molecule has 0 aliphatic carbocycles. The predicted octanol–water partition coefficient (Wildman–Crippen LogP) is 1.85. The van der Waals surface area contributed by atoms with Crippen molar-refractivity contribution >= 4 is 17.6 Å². The second kappa shape index (κ2) is 6.04. The normalized spacial score (nSPS) is 10.8. The molecule has 0 spiro atoms. The summed E-state index contributed by atoms with van der Waals surface area (Å²) in [5, 5.41) is 7.72. The van der Waals surface area contributed by atoms with E-state index in [-0.39, 0.29) is 24.7 Å². The fourth-order valence-electron chi connectivity index (χ4n) is 1.68. The van der Waals surface area contributed by atoms with Gasteiger partial charge in [0.05, 0.1) is 23.9 Å². The minimum absolute atomic E-state index is 0.0970. The van der Waals surface area contributed by atoms with E-state index < -0.39 is 5.97 Å². The molecule has 0 saturated carbocycles. The largest absolute Gasteiger partial charge is 0.461 e. The van der Waals surface area contributed by atoms with Crippen LogP contribution < -0.4 is 0 Å². The predicted molar refractivity (Wildman–Crippen MR) is 70.6 cm³/mol. The quantitative estimate of drug-likeness (QED) is 0.619. The van der Waals surface area contributed by atoms with E-state index >= 15 is 0 Å². The van der Waals surface area contributed by atoms with E-state index in [4.69, 9.17) is 20.8 Å². The molecule has 0 unspecified atom stereocenters. The molecule has 0 radical (unpaired) electrons. The van der Waals surface area contributed by atoms with Crippen molar-refractivity contribution in [2.75, 3.05) is 6.61 Å².